The minimum Gasteiger partial charge on any atom is -0.485 e. The van der Waals surface area contributed by atoms with E-state index in [-0.39, 0.29) is 11.9 Å². The van der Waals surface area contributed by atoms with Crippen LogP contribution in [0.3, 0.4) is 0 Å². The van der Waals surface area contributed by atoms with Gasteiger partial charge in [0.05, 0.1) is 11.0 Å². The smallest absolute Gasteiger partial charge is 0.167 e. The van der Waals surface area contributed by atoms with E-state index < -0.39 is 0 Å². The molecule has 4 nitrogen and oxygen atoms in total. The zero-order chi connectivity index (χ0) is 18.8. The first-order chi connectivity index (χ1) is 13.7. The average Bonchev–Trinajstić information content (AvgIpc) is 3.39. The molecule has 0 aliphatic carbocycles. The number of fused-ring (bicyclic) bond motifs is 6. The van der Waals surface area contributed by atoms with Crippen molar-refractivity contribution in [2.24, 2.45) is 0 Å². The second-order valence-electron chi connectivity index (χ2n) is 7.77. The maximum atomic E-state index is 14.0. The lowest BCUT2D eigenvalue weighted by atomic mass is 9.94. The third-order valence-corrected chi connectivity index (χ3v) is 5.84. The normalized spacial score (nSPS) is 17.4. The molecule has 6 heteroatoms. The average molecular weight is 371 g/mol. The number of halogens is 1. The first kappa shape index (κ1) is 16.0. The molecule has 6 rings (SSSR count). The summed E-state index contributed by atoms with van der Waals surface area (Å²) in [6.07, 6.45) is 1.11. The first-order valence-electron chi connectivity index (χ1n) is 9.71. The molecule has 1 saturated heterocycles. The van der Waals surface area contributed by atoms with E-state index in [2.05, 4.69) is 47.4 Å². The van der Waals surface area contributed by atoms with Crippen LogP contribution in [0.15, 0.2) is 42.5 Å². The fourth-order valence-electron chi connectivity index (χ4n) is 4.45. The Kier molecular flexibility index (Phi) is 3.29. The molecule has 1 atom stereocenters. The molecule has 0 spiro atoms. The molecule has 0 saturated carbocycles. The van der Waals surface area contributed by atoms with Gasteiger partial charge in [-0.1, -0.05) is 17.6 Å². The summed E-state index contributed by atoms with van der Waals surface area (Å²) in [6, 6.07) is 13.4. The number of hydrogen-bond donors (Lipinski definition) is 3. The Bertz CT molecular complexity index is 1290. The molecule has 3 heterocycles. The largest absolute Gasteiger partial charge is 0.485 e. The van der Waals surface area contributed by atoms with Crippen LogP contribution in [-0.2, 0) is 0 Å². The molecule has 1 fully saturated rings. The third kappa shape index (κ3) is 2.28. The van der Waals surface area contributed by atoms with Crippen LogP contribution in [0.2, 0.25) is 0 Å². The number of ether oxygens (including phenoxy) is 1. The zero-order valence-corrected chi connectivity index (χ0v) is 15.5. The summed E-state index contributed by atoms with van der Waals surface area (Å²) in [5.74, 6) is 0.595. The van der Waals surface area contributed by atoms with Crippen LogP contribution in [0.5, 0.6) is 5.75 Å². The molecule has 3 aromatic carbocycles. The lowest BCUT2D eigenvalue weighted by molar-refractivity contribution is 0.228. The van der Waals surface area contributed by atoms with Crippen LogP contribution in [0.4, 0.5) is 4.39 Å². The summed E-state index contributed by atoms with van der Waals surface area (Å²) in [7, 11) is 2.10. The molecule has 5 aromatic rings. The van der Waals surface area contributed by atoms with Crippen LogP contribution in [0.25, 0.3) is 43.6 Å². The van der Waals surface area contributed by atoms with Gasteiger partial charge in [0.25, 0.3) is 0 Å². The Morgan fingerprint density at radius 1 is 0.893 bits per heavy atom. The van der Waals surface area contributed by atoms with Crippen molar-refractivity contribution >= 4 is 56.9 Å². The second kappa shape index (κ2) is 5.75. The summed E-state index contributed by atoms with van der Waals surface area (Å²) in [5, 5.41) is 7.51. The highest BCUT2D eigenvalue weighted by atomic mass is 19.1. The van der Waals surface area contributed by atoms with Crippen LogP contribution in [0, 0.1) is 5.82 Å². The molecule has 0 amide bonds. The van der Waals surface area contributed by atoms with Crippen LogP contribution in [-0.4, -0.2) is 37.0 Å². The fraction of sp³-hybridized carbons (Fsp3) is 0.182. The highest BCUT2D eigenvalue weighted by Crippen LogP contribution is 2.41. The second-order valence-corrected chi connectivity index (χ2v) is 7.77. The number of nitrogens with one attached hydrogen (secondary N) is 3. The molecule has 0 radical (unpaired) electrons. The molecule has 2 aromatic heterocycles. The van der Waals surface area contributed by atoms with Crippen molar-refractivity contribution in [3.05, 3.63) is 48.3 Å². The number of aromatic amines is 2. The lowest BCUT2D eigenvalue weighted by Crippen LogP contribution is -2.19. The Morgan fingerprint density at radius 2 is 1.61 bits per heavy atom. The van der Waals surface area contributed by atoms with Crippen molar-refractivity contribution in [1.29, 1.82) is 0 Å². The van der Waals surface area contributed by atoms with Gasteiger partial charge in [0.2, 0.25) is 0 Å². The predicted octanol–water partition coefficient (Wildman–Crippen LogP) is 3.09. The van der Waals surface area contributed by atoms with Crippen molar-refractivity contribution < 1.29 is 9.13 Å². The van der Waals surface area contributed by atoms with E-state index in [1.54, 1.807) is 12.1 Å². The van der Waals surface area contributed by atoms with E-state index in [0.717, 1.165) is 68.9 Å². The number of hydrogen-bond acceptors (Lipinski definition) is 2. The van der Waals surface area contributed by atoms with Gasteiger partial charge in [-0.2, -0.15) is 0 Å². The van der Waals surface area contributed by atoms with E-state index in [0.29, 0.717) is 0 Å². The van der Waals surface area contributed by atoms with Crippen LogP contribution < -0.4 is 15.5 Å². The monoisotopic (exact) mass is 371 g/mol. The van der Waals surface area contributed by atoms with Gasteiger partial charge >= 0.3 is 0 Å². The van der Waals surface area contributed by atoms with Gasteiger partial charge < -0.3 is 20.0 Å². The number of aromatic nitrogens is 2. The zero-order valence-electron chi connectivity index (χ0n) is 15.5. The maximum absolute atomic E-state index is 14.0. The van der Waals surface area contributed by atoms with Crippen LogP contribution >= 0.6 is 0 Å². The van der Waals surface area contributed by atoms with Crippen LogP contribution in [0.1, 0.15) is 6.42 Å². The topological polar surface area (TPSA) is 52.8 Å². The van der Waals surface area contributed by atoms with Gasteiger partial charge in [-0.15, -0.1) is 0 Å². The molecule has 0 bridgehead atoms. The third-order valence-electron chi connectivity index (χ3n) is 5.84. The minimum atomic E-state index is -0.231. The maximum Gasteiger partial charge on any atom is 0.167 e. The summed E-state index contributed by atoms with van der Waals surface area (Å²) in [6.45, 7) is 1.81. The standard InChI is InChI=1S/C22H19BFN3O/c23-11-1-3-18-14(7-11)16-9-17-15-8-12(24)2-4-19(15)27-21(17)22(20(16)26-18)28-13-5-6-25-10-13/h1-4,7-9,13,25-27H,5-6,10,23H2. The van der Waals surface area contributed by atoms with E-state index in [1.807, 2.05) is 0 Å². The summed E-state index contributed by atoms with van der Waals surface area (Å²) >= 11 is 0. The van der Waals surface area contributed by atoms with E-state index in [1.165, 1.54) is 11.5 Å². The molecular weight excluding hydrogens is 352 g/mol. The van der Waals surface area contributed by atoms with Gasteiger partial charge in [0, 0.05) is 39.1 Å². The highest BCUT2D eigenvalue weighted by Gasteiger charge is 2.22. The molecule has 28 heavy (non-hydrogen) atoms. The van der Waals surface area contributed by atoms with Gasteiger partial charge in [-0.3, -0.25) is 0 Å². The first-order valence-corrected chi connectivity index (χ1v) is 9.71. The number of benzene rings is 3. The number of rotatable bonds is 2. The summed E-state index contributed by atoms with van der Waals surface area (Å²) in [5.41, 5.74) is 5.12. The van der Waals surface area contributed by atoms with Crippen molar-refractivity contribution in [3.8, 4) is 5.75 Å². The Balaban J connectivity index is 1.75. The Hall–Kier alpha value is -2.99. The lowest BCUT2D eigenvalue weighted by Gasteiger charge is -2.14. The highest BCUT2D eigenvalue weighted by molar-refractivity contribution is 6.34. The number of H-pyrrole nitrogens is 2. The Morgan fingerprint density at radius 3 is 2.32 bits per heavy atom. The Labute approximate surface area is 161 Å². The summed E-state index contributed by atoms with van der Waals surface area (Å²) in [4.78, 5) is 7.02. The molecule has 1 unspecified atom stereocenters. The molecule has 3 N–H and O–H groups in total. The molecule has 138 valence electrons. The minimum absolute atomic E-state index is 0.130. The van der Waals surface area contributed by atoms with Gasteiger partial charge in [0.1, 0.15) is 19.8 Å². The fourth-order valence-corrected chi connectivity index (χ4v) is 4.45. The van der Waals surface area contributed by atoms with E-state index in [9.17, 15) is 4.39 Å². The van der Waals surface area contributed by atoms with Crippen molar-refractivity contribution in [1.82, 2.24) is 15.3 Å². The quantitative estimate of drug-likeness (QED) is 0.418. The van der Waals surface area contributed by atoms with Gasteiger partial charge in [0.15, 0.2) is 5.75 Å². The van der Waals surface area contributed by atoms with Crippen molar-refractivity contribution in [2.45, 2.75) is 12.5 Å². The van der Waals surface area contributed by atoms with Crippen molar-refractivity contribution in [2.75, 3.05) is 13.1 Å². The molecular formula is C22H19BFN3O. The van der Waals surface area contributed by atoms with Gasteiger partial charge in [-0.05, 0) is 43.3 Å². The van der Waals surface area contributed by atoms with E-state index in [4.69, 9.17) is 4.74 Å². The predicted molar refractivity (Wildman–Crippen MR) is 115 cm³/mol. The van der Waals surface area contributed by atoms with Crippen molar-refractivity contribution in [3.63, 3.8) is 0 Å². The summed E-state index contributed by atoms with van der Waals surface area (Å²) < 4.78 is 20.5. The molecule has 1 aliphatic rings. The van der Waals surface area contributed by atoms with Gasteiger partial charge in [-0.25, -0.2) is 4.39 Å². The SMILES string of the molecule is Bc1ccc2[nH]c3c(OC4CCNC4)c4[nH]c5ccc(F)cc5c4cc3c2c1. The molecule has 1 aliphatic heterocycles. The van der Waals surface area contributed by atoms with E-state index >= 15 is 0 Å².